The number of carbonyl (C=O) groups is 1. The predicted octanol–water partition coefficient (Wildman–Crippen LogP) is 1.96. The van der Waals surface area contributed by atoms with Gasteiger partial charge in [-0.25, -0.2) is 0 Å². The largest absolute Gasteiger partial charge is 0.392 e. The van der Waals surface area contributed by atoms with Gasteiger partial charge in [0, 0.05) is 18.8 Å². The number of rotatable bonds is 2. The molecule has 0 spiro atoms. The van der Waals surface area contributed by atoms with E-state index in [0.717, 1.165) is 12.0 Å². The highest BCUT2D eigenvalue weighted by molar-refractivity contribution is 5.87. The molecule has 1 aromatic carbocycles. The number of hydrogen-bond acceptors (Lipinski definition) is 3. The van der Waals surface area contributed by atoms with Crippen molar-refractivity contribution in [1.82, 2.24) is 0 Å². The van der Waals surface area contributed by atoms with Crippen LogP contribution in [0.15, 0.2) is 30.3 Å². The fourth-order valence-electron chi connectivity index (χ4n) is 3.65. The average molecular weight is 298 g/mol. The van der Waals surface area contributed by atoms with Crippen LogP contribution >= 0.6 is 0 Å². The van der Waals surface area contributed by atoms with Gasteiger partial charge in [-0.2, -0.15) is 0 Å². The van der Waals surface area contributed by atoms with E-state index in [0.29, 0.717) is 25.0 Å². The Bertz CT molecular complexity index is 609. The van der Waals surface area contributed by atoms with E-state index in [-0.39, 0.29) is 17.8 Å². The van der Waals surface area contributed by atoms with E-state index in [1.165, 1.54) is 0 Å². The first-order valence-electron chi connectivity index (χ1n) is 7.96. The fourth-order valence-corrected chi connectivity index (χ4v) is 3.65. The highest BCUT2D eigenvalue weighted by Gasteiger charge is 2.48. The zero-order chi connectivity index (χ0) is 15.7. The Labute approximate surface area is 131 Å². The number of hydrogen-bond donors (Lipinski definition) is 2. The monoisotopic (exact) mass is 298 g/mol. The van der Waals surface area contributed by atoms with Crippen LogP contribution in [0.5, 0.6) is 0 Å². The number of aliphatic hydroxyl groups is 2. The van der Waals surface area contributed by atoms with Gasteiger partial charge in [-0.3, -0.25) is 4.79 Å². The summed E-state index contributed by atoms with van der Waals surface area (Å²) in [6.45, 7) is 1.70. The number of fused-ring (bicyclic) bond motifs is 1. The van der Waals surface area contributed by atoms with Crippen LogP contribution in [0, 0.1) is 29.6 Å². The standard InChI is InChI=1S/C19H22O3/c1-19(22,12-13-5-3-2-4-6-13)10-9-15-16-11-18(21)14(16)7-8-17(15)20/h2-6,14-17,20,22H,7-8,11-12H2,1H3/t14-,15+,16-,17+,19+/m0/s1. The predicted molar refractivity (Wildman–Crippen MR) is 83.9 cm³/mol. The molecule has 0 aromatic heterocycles. The van der Waals surface area contributed by atoms with Crippen molar-refractivity contribution in [1.29, 1.82) is 0 Å². The molecule has 0 radical (unpaired) electrons. The number of aliphatic hydroxyl groups excluding tert-OH is 1. The third-order valence-corrected chi connectivity index (χ3v) is 4.92. The van der Waals surface area contributed by atoms with Crippen molar-refractivity contribution >= 4 is 5.78 Å². The minimum absolute atomic E-state index is 0.0850. The third kappa shape index (κ3) is 3.09. The van der Waals surface area contributed by atoms with Gasteiger partial charge in [0.25, 0.3) is 0 Å². The van der Waals surface area contributed by atoms with Gasteiger partial charge in [0.2, 0.25) is 0 Å². The van der Waals surface area contributed by atoms with Crippen molar-refractivity contribution in [3.05, 3.63) is 35.9 Å². The number of ketones is 1. The molecule has 0 bridgehead atoms. The maximum Gasteiger partial charge on any atom is 0.136 e. The molecule has 3 rings (SSSR count). The molecule has 2 saturated carbocycles. The summed E-state index contributed by atoms with van der Waals surface area (Å²) in [5.74, 6) is 6.41. The Morgan fingerprint density at radius 1 is 1.27 bits per heavy atom. The van der Waals surface area contributed by atoms with Gasteiger partial charge in [-0.05, 0) is 31.2 Å². The molecule has 22 heavy (non-hydrogen) atoms. The quantitative estimate of drug-likeness (QED) is 0.821. The molecule has 2 aliphatic carbocycles. The van der Waals surface area contributed by atoms with Crippen LogP contribution in [0.2, 0.25) is 0 Å². The normalized spacial score (nSPS) is 33.0. The second-order valence-electron chi connectivity index (χ2n) is 6.82. The summed E-state index contributed by atoms with van der Waals surface area (Å²) in [6.07, 6.45) is 1.92. The van der Waals surface area contributed by atoms with Gasteiger partial charge in [-0.15, -0.1) is 0 Å². The van der Waals surface area contributed by atoms with Crippen LogP contribution in [-0.2, 0) is 11.2 Å². The molecule has 116 valence electrons. The van der Waals surface area contributed by atoms with Gasteiger partial charge < -0.3 is 10.2 Å². The number of carbonyl (C=O) groups excluding carboxylic acids is 1. The Balaban J connectivity index is 1.71. The van der Waals surface area contributed by atoms with Crippen LogP contribution in [0.3, 0.4) is 0 Å². The summed E-state index contributed by atoms with van der Waals surface area (Å²) in [5, 5.41) is 20.7. The summed E-state index contributed by atoms with van der Waals surface area (Å²) in [5.41, 5.74) is -0.0930. The van der Waals surface area contributed by atoms with Crippen molar-refractivity contribution in [2.75, 3.05) is 0 Å². The van der Waals surface area contributed by atoms with Gasteiger partial charge >= 0.3 is 0 Å². The molecular weight excluding hydrogens is 276 g/mol. The fraction of sp³-hybridized carbons (Fsp3) is 0.526. The van der Waals surface area contributed by atoms with Crippen molar-refractivity contribution in [2.24, 2.45) is 17.8 Å². The maximum absolute atomic E-state index is 11.6. The van der Waals surface area contributed by atoms with Crippen LogP contribution in [0.25, 0.3) is 0 Å². The average Bonchev–Trinajstić information content (AvgIpc) is 2.46. The van der Waals surface area contributed by atoms with Crippen molar-refractivity contribution < 1.29 is 15.0 Å². The first-order chi connectivity index (χ1) is 10.5. The van der Waals surface area contributed by atoms with Crippen molar-refractivity contribution in [3.63, 3.8) is 0 Å². The van der Waals surface area contributed by atoms with Crippen LogP contribution in [0.1, 0.15) is 31.7 Å². The highest BCUT2D eigenvalue weighted by atomic mass is 16.3. The lowest BCUT2D eigenvalue weighted by molar-refractivity contribution is -0.141. The van der Waals surface area contributed by atoms with Gasteiger partial charge in [0.15, 0.2) is 0 Å². The van der Waals surface area contributed by atoms with E-state index in [2.05, 4.69) is 11.8 Å². The summed E-state index contributed by atoms with van der Waals surface area (Å²) >= 11 is 0. The minimum atomic E-state index is -1.12. The third-order valence-electron chi connectivity index (χ3n) is 4.92. The molecule has 0 aliphatic heterocycles. The van der Waals surface area contributed by atoms with Crippen LogP contribution < -0.4 is 0 Å². The Morgan fingerprint density at radius 2 is 2.00 bits per heavy atom. The lowest BCUT2D eigenvalue weighted by Gasteiger charge is -2.44. The zero-order valence-electron chi connectivity index (χ0n) is 12.8. The van der Waals surface area contributed by atoms with E-state index in [4.69, 9.17) is 0 Å². The molecule has 3 heteroatoms. The molecule has 2 N–H and O–H groups in total. The summed E-state index contributed by atoms with van der Waals surface area (Å²) < 4.78 is 0. The first-order valence-corrected chi connectivity index (χ1v) is 7.96. The Morgan fingerprint density at radius 3 is 2.68 bits per heavy atom. The van der Waals surface area contributed by atoms with Gasteiger partial charge in [-0.1, -0.05) is 42.2 Å². The lowest BCUT2D eigenvalue weighted by Crippen LogP contribution is -2.49. The number of Topliss-reactive ketones (excluding diaryl/α,β-unsaturated/α-hetero) is 1. The topological polar surface area (TPSA) is 57.5 Å². The Hall–Kier alpha value is -1.63. The molecule has 1 aromatic rings. The minimum Gasteiger partial charge on any atom is -0.392 e. The molecule has 5 atom stereocenters. The number of benzene rings is 1. The maximum atomic E-state index is 11.6. The molecule has 2 fully saturated rings. The molecule has 0 unspecified atom stereocenters. The summed E-state index contributed by atoms with van der Waals surface area (Å²) in [4.78, 5) is 11.6. The van der Waals surface area contributed by atoms with E-state index < -0.39 is 11.7 Å². The van der Waals surface area contributed by atoms with Crippen LogP contribution in [-0.4, -0.2) is 27.7 Å². The molecular formula is C19H22O3. The van der Waals surface area contributed by atoms with Crippen molar-refractivity contribution in [3.8, 4) is 11.8 Å². The smallest absolute Gasteiger partial charge is 0.136 e. The SMILES string of the molecule is C[C@@](O)(C#C[C@@H]1[C@H]2CC(=O)[C@H]2CC[C@H]1O)Cc1ccccc1. The van der Waals surface area contributed by atoms with Gasteiger partial charge in [0.05, 0.1) is 12.0 Å². The van der Waals surface area contributed by atoms with E-state index in [1.807, 2.05) is 30.3 Å². The molecule has 2 aliphatic rings. The Kier molecular flexibility index (Phi) is 4.08. The first kappa shape index (κ1) is 15.3. The lowest BCUT2D eigenvalue weighted by atomic mass is 9.59. The second-order valence-corrected chi connectivity index (χ2v) is 6.82. The summed E-state index contributed by atoms with van der Waals surface area (Å²) in [7, 11) is 0. The van der Waals surface area contributed by atoms with Gasteiger partial charge in [0.1, 0.15) is 11.4 Å². The molecule has 0 heterocycles. The molecule has 0 saturated heterocycles. The highest BCUT2D eigenvalue weighted by Crippen LogP contribution is 2.45. The van der Waals surface area contributed by atoms with Crippen molar-refractivity contribution in [2.45, 2.75) is 44.3 Å². The second kappa shape index (κ2) is 5.87. The van der Waals surface area contributed by atoms with E-state index in [1.54, 1.807) is 6.92 Å². The van der Waals surface area contributed by atoms with Crippen LogP contribution in [0.4, 0.5) is 0 Å². The summed E-state index contributed by atoms with van der Waals surface area (Å²) in [6, 6.07) is 9.75. The molecule has 0 amide bonds. The van der Waals surface area contributed by atoms with E-state index >= 15 is 0 Å². The van der Waals surface area contributed by atoms with E-state index in [9.17, 15) is 15.0 Å². The zero-order valence-corrected chi connectivity index (χ0v) is 12.8. The molecule has 3 nitrogen and oxygen atoms in total.